The van der Waals surface area contributed by atoms with Gasteiger partial charge in [0.1, 0.15) is 22.7 Å². The maximum absolute atomic E-state index is 13.0. The summed E-state index contributed by atoms with van der Waals surface area (Å²) in [7, 11) is 1.58. The first-order valence-corrected chi connectivity index (χ1v) is 11.9. The fourth-order valence-electron chi connectivity index (χ4n) is 4.63. The van der Waals surface area contributed by atoms with Crippen LogP contribution in [0.4, 0.5) is 0 Å². The zero-order valence-electron chi connectivity index (χ0n) is 20.6. The summed E-state index contributed by atoms with van der Waals surface area (Å²) < 4.78 is 17.6. The van der Waals surface area contributed by atoms with E-state index in [1.54, 1.807) is 7.11 Å². The molecule has 6 nitrogen and oxygen atoms in total. The number of hydrogen-bond donors (Lipinski definition) is 1. The first-order valence-electron chi connectivity index (χ1n) is 11.9. The summed E-state index contributed by atoms with van der Waals surface area (Å²) in [6.07, 6.45) is 3.21. The Morgan fingerprint density at radius 3 is 2.68 bits per heavy atom. The van der Waals surface area contributed by atoms with Crippen molar-refractivity contribution < 1.29 is 18.7 Å². The molecule has 1 aromatic heterocycles. The smallest absolute Gasteiger partial charge is 0.340 e. The molecule has 0 saturated heterocycles. The number of carbonyl (C=O) groups is 1. The van der Waals surface area contributed by atoms with Crippen LogP contribution in [0.1, 0.15) is 55.9 Å². The topological polar surface area (TPSA) is 77.8 Å². The van der Waals surface area contributed by atoms with Gasteiger partial charge in [-0.3, -0.25) is 4.79 Å². The molecule has 1 aliphatic rings. The largest absolute Gasteiger partial charge is 0.496 e. The number of fused-ring (bicyclic) bond motifs is 3. The highest BCUT2D eigenvalue weighted by molar-refractivity contribution is 5.93. The highest BCUT2D eigenvalue weighted by atomic mass is 16.5. The predicted octanol–water partition coefficient (Wildman–Crippen LogP) is 4.89. The summed E-state index contributed by atoms with van der Waals surface area (Å²) in [5, 5.41) is 3.74. The minimum Gasteiger partial charge on any atom is -0.496 e. The molecular formula is C28H33NO5. The van der Waals surface area contributed by atoms with Gasteiger partial charge in [-0.05, 0) is 64.5 Å². The van der Waals surface area contributed by atoms with Crippen LogP contribution in [0, 0.1) is 6.92 Å². The second-order valence-electron chi connectivity index (χ2n) is 9.78. The van der Waals surface area contributed by atoms with Crippen LogP contribution in [0.15, 0.2) is 45.6 Å². The fourth-order valence-corrected chi connectivity index (χ4v) is 4.63. The first kappa shape index (κ1) is 23.9. The summed E-state index contributed by atoms with van der Waals surface area (Å²) >= 11 is 0. The van der Waals surface area contributed by atoms with Crippen molar-refractivity contribution in [3.63, 3.8) is 0 Å². The van der Waals surface area contributed by atoms with Crippen LogP contribution in [-0.2, 0) is 24.1 Å². The number of carbonyl (C=O) groups excluding carboxylic acids is 1. The van der Waals surface area contributed by atoms with Crippen LogP contribution in [0.25, 0.3) is 11.0 Å². The van der Waals surface area contributed by atoms with Gasteiger partial charge in [-0.1, -0.05) is 30.3 Å². The Morgan fingerprint density at radius 2 is 1.97 bits per heavy atom. The number of rotatable bonds is 7. The number of benzene rings is 2. The average molecular weight is 464 g/mol. The van der Waals surface area contributed by atoms with Gasteiger partial charge in [0.25, 0.3) is 0 Å². The van der Waals surface area contributed by atoms with E-state index in [1.807, 2.05) is 52.0 Å². The van der Waals surface area contributed by atoms with E-state index in [2.05, 4.69) is 17.4 Å². The maximum atomic E-state index is 13.0. The van der Waals surface area contributed by atoms with Crippen LogP contribution in [0.2, 0.25) is 0 Å². The van der Waals surface area contributed by atoms with Crippen molar-refractivity contribution in [3.8, 4) is 11.5 Å². The molecular weight excluding hydrogens is 430 g/mol. The Kier molecular flexibility index (Phi) is 6.69. The zero-order chi connectivity index (χ0) is 24.5. The Balaban J connectivity index is 1.57. The first-order chi connectivity index (χ1) is 16.2. The second-order valence-corrected chi connectivity index (χ2v) is 9.78. The molecule has 3 aromatic rings. The van der Waals surface area contributed by atoms with E-state index >= 15 is 0 Å². The monoisotopic (exact) mass is 463 g/mol. The van der Waals surface area contributed by atoms with E-state index in [-0.39, 0.29) is 24.0 Å². The Labute approximate surface area is 200 Å². The zero-order valence-corrected chi connectivity index (χ0v) is 20.6. The van der Waals surface area contributed by atoms with Gasteiger partial charge < -0.3 is 19.2 Å². The summed E-state index contributed by atoms with van der Waals surface area (Å²) in [4.78, 5) is 25.8. The van der Waals surface area contributed by atoms with E-state index in [0.717, 1.165) is 36.6 Å². The highest BCUT2D eigenvalue weighted by Gasteiger charge is 2.31. The molecule has 0 spiro atoms. The van der Waals surface area contributed by atoms with Gasteiger partial charge in [-0.2, -0.15) is 0 Å². The normalized spacial score (nSPS) is 15.3. The summed E-state index contributed by atoms with van der Waals surface area (Å²) in [6, 6.07) is 12.0. The molecule has 0 radical (unpaired) electrons. The lowest BCUT2D eigenvalue weighted by atomic mass is 9.91. The number of hydrogen-bond acceptors (Lipinski definition) is 5. The Hall–Kier alpha value is -3.28. The van der Waals surface area contributed by atoms with Crippen LogP contribution in [0.3, 0.4) is 0 Å². The predicted molar refractivity (Wildman–Crippen MR) is 133 cm³/mol. The summed E-state index contributed by atoms with van der Waals surface area (Å²) in [5.41, 5.74) is 2.89. The molecule has 1 N–H and O–H groups in total. The molecule has 1 atom stereocenters. The third-order valence-electron chi connectivity index (χ3n) is 6.61. The minimum absolute atomic E-state index is 0.0115. The van der Waals surface area contributed by atoms with Crippen molar-refractivity contribution in [1.82, 2.24) is 5.32 Å². The van der Waals surface area contributed by atoms with Gasteiger partial charge in [0.05, 0.1) is 24.5 Å². The lowest BCUT2D eigenvalue weighted by Gasteiger charge is -2.33. The lowest BCUT2D eigenvalue weighted by Crippen LogP contribution is -2.35. The number of nitrogens with one attached hydrogen (secondary N) is 1. The van der Waals surface area contributed by atoms with Crippen molar-refractivity contribution in [2.45, 2.75) is 71.4 Å². The van der Waals surface area contributed by atoms with Gasteiger partial charge in [0, 0.05) is 17.7 Å². The molecule has 4 rings (SSSR count). The maximum Gasteiger partial charge on any atom is 0.340 e. The number of aryl methyl sites for hydroxylation is 3. The van der Waals surface area contributed by atoms with Crippen molar-refractivity contribution in [3.05, 3.63) is 69.1 Å². The number of amides is 1. The van der Waals surface area contributed by atoms with Crippen molar-refractivity contribution in [1.29, 1.82) is 0 Å². The van der Waals surface area contributed by atoms with Crippen LogP contribution < -0.4 is 20.4 Å². The van der Waals surface area contributed by atoms with Crippen LogP contribution >= 0.6 is 0 Å². The van der Waals surface area contributed by atoms with E-state index in [0.29, 0.717) is 28.2 Å². The molecule has 180 valence electrons. The molecule has 2 heterocycles. The second kappa shape index (κ2) is 9.53. The van der Waals surface area contributed by atoms with Gasteiger partial charge >= 0.3 is 5.63 Å². The lowest BCUT2D eigenvalue weighted by molar-refractivity contribution is -0.121. The van der Waals surface area contributed by atoms with Crippen LogP contribution in [-0.4, -0.2) is 24.7 Å². The third-order valence-corrected chi connectivity index (χ3v) is 6.61. The van der Waals surface area contributed by atoms with Gasteiger partial charge in [-0.25, -0.2) is 4.79 Å². The fraction of sp³-hybridized carbons (Fsp3) is 0.429. The minimum atomic E-state index is -0.489. The van der Waals surface area contributed by atoms with Crippen molar-refractivity contribution in [2.75, 3.05) is 7.11 Å². The molecule has 0 aliphatic carbocycles. The van der Waals surface area contributed by atoms with Gasteiger partial charge in [0.2, 0.25) is 5.91 Å². The molecule has 1 aliphatic heterocycles. The van der Waals surface area contributed by atoms with E-state index in [1.165, 1.54) is 5.56 Å². The third kappa shape index (κ3) is 4.96. The van der Waals surface area contributed by atoms with Gasteiger partial charge in [-0.15, -0.1) is 0 Å². The number of methoxy groups -OCH3 is 1. The molecule has 34 heavy (non-hydrogen) atoms. The molecule has 0 unspecified atom stereocenters. The Morgan fingerprint density at radius 1 is 1.24 bits per heavy atom. The molecule has 2 aromatic carbocycles. The SMILES string of the molecule is COc1cc2c(c3oc(=O)c(CC(=O)N[C@@H](C)CCc4ccccc4)c(C)c13)CCC(C)(C)O2. The molecule has 0 fully saturated rings. The van der Waals surface area contributed by atoms with E-state index in [4.69, 9.17) is 13.9 Å². The molecule has 6 heteroatoms. The molecule has 1 amide bonds. The van der Waals surface area contributed by atoms with Crippen LogP contribution in [0.5, 0.6) is 11.5 Å². The van der Waals surface area contributed by atoms with E-state index < -0.39 is 5.63 Å². The van der Waals surface area contributed by atoms with Crippen molar-refractivity contribution in [2.24, 2.45) is 0 Å². The van der Waals surface area contributed by atoms with E-state index in [9.17, 15) is 9.59 Å². The standard InChI is InChI=1S/C28H33NO5/c1-17(11-12-19-9-7-6-8-10-19)29-24(30)15-21-18(2)25-23(32-5)16-22-20(26(25)33-27(21)31)13-14-28(3,4)34-22/h6-10,16-17H,11-15H2,1-5H3,(H,29,30)/t17-/m0/s1. The average Bonchev–Trinajstić information content (AvgIpc) is 2.79. The quantitative estimate of drug-likeness (QED) is 0.505. The van der Waals surface area contributed by atoms with Crippen molar-refractivity contribution >= 4 is 16.9 Å². The molecule has 0 bridgehead atoms. The highest BCUT2D eigenvalue weighted by Crippen LogP contribution is 2.43. The Bertz CT molecular complexity index is 1260. The summed E-state index contributed by atoms with van der Waals surface area (Å²) in [5.74, 6) is 1.06. The number of ether oxygens (including phenoxy) is 2. The molecule has 0 saturated carbocycles. The summed E-state index contributed by atoms with van der Waals surface area (Å²) in [6.45, 7) is 7.91. The van der Waals surface area contributed by atoms with Gasteiger partial charge in [0.15, 0.2) is 0 Å².